The van der Waals surface area contributed by atoms with E-state index in [1.807, 2.05) is 12.4 Å². The molecule has 2 rings (SSSR count). The fraction of sp³-hybridized carbons (Fsp3) is 0.533. The van der Waals surface area contributed by atoms with Crippen LogP contribution >= 0.6 is 0 Å². The summed E-state index contributed by atoms with van der Waals surface area (Å²) in [5, 5.41) is 0. The van der Waals surface area contributed by atoms with Crippen LogP contribution in [0.15, 0.2) is 30.7 Å². The van der Waals surface area contributed by atoms with E-state index in [1.165, 1.54) is 16.9 Å². The minimum atomic E-state index is 0.536. The van der Waals surface area contributed by atoms with Crippen LogP contribution in [0.25, 0.3) is 0 Å². The Labute approximate surface area is 110 Å². The van der Waals surface area contributed by atoms with Crippen LogP contribution in [0.2, 0.25) is 0 Å². The van der Waals surface area contributed by atoms with Crippen LogP contribution in [0.4, 0.5) is 5.69 Å². The van der Waals surface area contributed by atoms with Gasteiger partial charge in [0.1, 0.15) is 0 Å². The number of piperazine rings is 1. The molecule has 0 spiro atoms. The number of rotatable bonds is 3. The molecule has 1 aliphatic rings. The van der Waals surface area contributed by atoms with Gasteiger partial charge >= 0.3 is 0 Å². The number of hydrogen-bond acceptors (Lipinski definition) is 3. The summed E-state index contributed by atoms with van der Waals surface area (Å²) < 4.78 is 0. The Morgan fingerprint density at radius 2 is 1.89 bits per heavy atom. The third-order valence-corrected chi connectivity index (χ3v) is 3.60. The van der Waals surface area contributed by atoms with E-state index in [9.17, 15) is 0 Å². The lowest BCUT2D eigenvalue weighted by Gasteiger charge is -2.37. The molecular formula is C15H23N3. The van der Waals surface area contributed by atoms with Gasteiger partial charge < -0.3 is 9.80 Å². The lowest BCUT2D eigenvalue weighted by Crippen LogP contribution is -2.45. The molecule has 3 nitrogen and oxygen atoms in total. The van der Waals surface area contributed by atoms with Gasteiger partial charge in [0.2, 0.25) is 0 Å². The molecule has 18 heavy (non-hydrogen) atoms. The first-order valence-corrected chi connectivity index (χ1v) is 6.68. The van der Waals surface area contributed by atoms with E-state index in [-0.39, 0.29) is 0 Å². The molecule has 3 heteroatoms. The van der Waals surface area contributed by atoms with Gasteiger partial charge in [0.05, 0.1) is 11.9 Å². The SMILES string of the molecule is C=C(C)N1CCN(c2cncc(C(C)C)c2)CC1. The van der Waals surface area contributed by atoms with Gasteiger partial charge in [-0.15, -0.1) is 0 Å². The molecule has 0 radical (unpaired) electrons. The second kappa shape index (κ2) is 5.42. The predicted octanol–water partition coefficient (Wildman–Crippen LogP) is 2.86. The number of nitrogens with zero attached hydrogens (tertiary/aromatic N) is 3. The minimum absolute atomic E-state index is 0.536. The molecule has 1 aliphatic heterocycles. The van der Waals surface area contributed by atoms with Gasteiger partial charge in [-0.25, -0.2) is 0 Å². The molecule has 0 amide bonds. The zero-order valence-electron chi connectivity index (χ0n) is 11.7. The number of allylic oxidation sites excluding steroid dienone is 1. The van der Waals surface area contributed by atoms with Crippen LogP contribution in [-0.2, 0) is 0 Å². The molecule has 0 aromatic carbocycles. The predicted molar refractivity (Wildman–Crippen MR) is 76.9 cm³/mol. The van der Waals surface area contributed by atoms with Gasteiger partial charge in [-0.3, -0.25) is 4.98 Å². The summed E-state index contributed by atoms with van der Waals surface area (Å²) in [6.45, 7) is 14.7. The number of aromatic nitrogens is 1. The second-order valence-electron chi connectivity index (χ2n) is 5.34. The summed E-state index contributed by atoms with van der Waals surface area (Å²) in [5.74, 6) is 0.536. The van der Waals surface area contributed by atoms with Gasteiger partial charge in [0, 0.05) is 38.1 Å². The average molecular weight is 245 g/mol. The largest absolute Gasteiger partial charge is 0.372 e. The molecule has 1 saturated heterocycles. The van der Waals surface area contributed by atoms with Crippen molar-refractivity contribution in [3.05, 3.63) is 36.3 Å². The first-order chi connectivity index (χ1) is 8.58. The third-order valence-electron chi connectivity index (χ3n) is 3.60. The molecule has 0 unspecified atom stereocenters. The van der Waals surface area contributed by atoms with E-state index < -0.39 is 0 Å². The molecule has 0 bridgehead atoms. The maximum absolute atomic E-state index is 4.36. The van der Waals surface area contributed by atoms with Gasteiger partial charge in [0.15, 0.2) is 0 Å². The van der Waals surface area contributed by atoms with Gasteiger partial charge in [-0.1, -0.05) is 20.4 Å². The lowest BCUT2D eigenvalue weighted by molar-refractivity contribution is 0.323. The summed E-state index contributed by atoms with van der Waals surface area (Å²) in [6.07, 6.45) is 3.95. The molecular weight excluding hydrogens is 222 g/mol. The number of hydrogen-bond donors (Lipinski definition) is 0. The second-order valence-corrected chi connectivity index (χ2v) is 5.34. The highest BCUT2D eigenvalue weighted by Crippen LogP contribution is 2.21. The van der Waals surface area contributed by atoms with Crippen LogP contribution in [-0.4, -0.2) is 36.1 Å². The summed E-state index contributed by atoms with van der Waals surface area (Å²) >= 11 is 0. The van der Waals surface area contributed by atoms with Gasteiger partial charge in [0.25, 0.3) is 0 Å². The molecule has 1 aromatic heterocycles. The maximum atomic E-state index is 4.36. The summed E-state index contributed by atoms with van der Waals surface area (Å²) in [5.41, 5.74) is 3.74. The van der Waals surface area contributed by atoms with Crippen molar-refractivity contribution in [1.82, 2.24) is 9.88 Å². The monoisotopic (exact) mass is 245 g/mol. The van der Waals surface area contributed by atoms with Crippen molar-refractivity contribution >= 4 is 5.69 Å². The Kier molecular flexibility index (Phi) is 3.90. The molecule has 1 aromatic rings. The Morgan fingerprint density at radius 3 is 2.44 bits per heavy atom. The normalized spacial score (nSPS) is 16.2. The zero-order chi connectivity index (χ0) is 13.1. The molecule has 0 N–H and O–H groups in total. The quantitative estimate of drug-likeness (QED) is 0.816. The highest BCUT2D eigenvalue weighted by atomic mass is 15.3. The fourth-order valence-electron chi connectivity index (χ4n) is 2.28. The molecule has 98 valence electrons. The van der Waals surface area contributed by atoms with E-state index >= 15 is 0 Å². The fourth-order valence-corrected chi connectivity index (χ4v) is 2.28. The van der Waals surface area contributed by atoms with Crippen LogP contribution in [0.1, 0.15) is 32.3 Å². The van der Waals surface area contributed by atoms with Crippen molar-refractivity contribution in [3.8, 4) is 0 Å². The average Bonchev–Trinajstić information content (AvgIpc) is 2.39. The lowest BCUT2D eigenvalue weighted by atomic mass is 10.1. The summed E-state index contributed by atoms with van der Waals surface area (Å²) in [4.78, 5) is 9.12. The molecule has 0 atom stereocenters. The molecule has 2 heterocycles. The highest BCUT2D eigenvalue weighted by Gasteiger charge is 2.17. The topological polar surface area (TPSA) is 19.4 Å². The standard InChI is InChI=1S/C15H23N3/c1-12(2)14-9-15(11-16-10-14)18-7-5-17(6-8-18)13(3)4/h9-12H,3,5-8H2,1-2,4H3. The first kappa shape index (κ1) is 12.9. The van der Waals surface area contributed by atoms with Crippen LogP contribution < -0.4 is 4.90 Å². The van der Waals surface area contributed by atoms with Crippen LogP contribution in [0, 0.1) is 0 Å². The van der Waals surface area contributed by atoms with Crippen molar-refractivity contribution in [3.63, 3.8) is 0 Å². The van der Waals surface area contributed by atoms with Crippen molar-refractivity contribution in [2.24, 2.45) is 0 Å². The van der Waals surface area contributed by atoms with E-state index in [2.05, 4.69) is 48.2 Å². The van der Waals surface area contributed by atoms with Crippen LogP contribution in [0.3, 0.4) is 0 Å². The molecule has 1 fully saturated rings. The number of pyridine rings is 1. The molecule has 0 saturated carbocycles. The van der Waals surface area contributed by atoms with E-state index in [0.29, 0.717) is 5.92 Å². The smallest absolute Gasteiger partial charge is 0.0556 e. The summed E-state index contributed by atoms with van der Waals surface area (Å²) in [6, 6.07) is 2.27. The Balaban J connectivity index is 2.05. The zero-order valence-corrected chi connectivity index (χ0v) is 11.7. The first-order valence-electron chi connectivity index (χ1n) is 6.68. The van der Waals surface area contributed by atoms with E-state index in [1.54, 1.807) is 0 Å². The Hall–Kier alpha value is -1.51. The van der Waals surface area contributed by atoms with Crippen LogP contribution in [0.5, 0.6) is 0 Å². The van der Waals surface area contributed by atoms with Crippen molar-refractivity contribution in [1.29, 1.82) is 0 Å². The maximum Gasteiger partial charge on any atom is 0.0556 e. The van der Waals surface area contributed by atoms with Gasteiger partial charge in [-0.2, -0.15) is 0 Å². The summed E-state index contributed by atoms with van der Waals surface area (Å²) in [7, 11) is 0. The van der Waals surface area contributed by atoms with E-state index in [0.717, 1.165) is 26.2 Å². The minimum Gasteiger partial charge on any atom is -0.372 e. The van der Waals surface area contributed by atoms with Crippen molar-refractivity contribution in [2.45, 2.75) is 26.7 Å². The third kappa shape index (κ3) is 2.84. The van der Waals surface area contributed by atoms with Crippen molar-refractivity contribution < 1.29 is 0 Å². The molecule has 0 aliphatic carbocycles. The van der Waals surface area contributed by atoms with Gasteiger partial charge in [-0.05, 0) is 24.5 Å². The van der Waals surface area contributed by atoms with Crippen molar-refractivity contribution in [2.75, 3.05) is 31.1 Å². The Bertz CT molecular complexity index is 418. The number of anilines is 1. The van der Waals surface area contributed by atoms with E-state index in [4.69, 9.17) is 0 Å². The highest BCUT2D eigenvalue weighted by molar-refractivity contribution is 5.47. The Morgan fingerprint density at radius 1 is 1.22 bits per heavy atom.